The second-order valence-electron chi connectivity index (χ2n) is 4.60. The molecule has 0 heterocycles. The Morgan fingerprint density at radius 3 is 2.37 bits per heavy atom. The predicted molar refractivity (Wildman–Crippen MR) is 67.0 cm³/mol. The zero-order valence-electron chi connectivity index (χ0n) is 10.8. The van der Waals surface area contributed by atoms with Gasteiger partial charge in [0, 0.05) is 0 Å². The minimum atomic E-state index is -3.70. The molecule has 1 unspecified atom stereocenters. The zero-order chi connectivity index (χ0) is 14.5. The second-order valence-corrected chi connectivity index (χ2v) is 6.59. The molecule has 0 aromatic carbocycles. The normalized spacial score (nSPS) is 18.8. The van der Waals surface area contributed by atoms with E-state index in [4.69, 9.17) is 5.11 Å². The van der Waals surface area contributed by atoms with Crippen molar-refractivity contribution in [2.45, 2.75) is 49.8 Å². The van der Waals surface area contributed by atoms with Crippen LogP contribution in [0.1, 0.15) is 38.5 Å². The van der Waals surface area contributed by atoms with Gasteiger partial charge in [0.25, 0.3) is 0 Å². The van der Waals surface area contributed by atoms with Crippen molar-refractivity contribution >= 4 is 22.0 Å². The van der Waals surface area contributed by atoms with Crippen molar-refractivity contribution in [2.75, 3.05) is 7.11 Å². The summed E-state index contributed by atoms with van der Waals surface area (Å²) in [5, 5.41) is 8.14. The van der Waals surface area contributed by atoms with E-state index >= 15 is 0 Å². The number of rotatable bonds is 6. The van der Waals surface area contributed by atoms with Crippen LogP contribution in [-0.4, -0.2) is 43.9 Å². The summed E-state index contributed by atoms with van der Waals surface area (Å²) in [5.41, 5.74) is 0. The van der Waals surface area contributed by atoms with Crippen LogP contribution in [0.5, 0.6) is 0 Å². The van der Waals surface area contributed by atoms with E-state index in [2.05, 4.69) is 9.46 Å². The van der Waals surface area contributed by atoms with Gasteiger partial charge in [-0.2, -0.15) is 0 Å². The first-order valence-electron chi connectivity index (χ1n) is 6.17. The Bertz CT molecular complexity index is 426. The molecule has 1 fully saturated rings. The van der Waals surface area contributed by atoms with Gasteiger partial charge in [0.05, 0.1) is 18.8 Å². The van der Waals surface area contributed by atoms with E-state index < -0.39 is 39.7 Å². The molecule has 0 aromatic heterocycles. The Morgan fingerprint density at radius 2 is 1.89 bits per heavy atom. The molecule has 0 aliphatic heterocycles. The highest BCUT2D eigenvalue weighted by Crippen LogP contribution is 2.23. The van der Waals surface area contributed by atoms with Crippen LogP contribution in [-0.2, 0) is 24.3 Å². The monoisotopic (exact) mass is 293 g/mol. The maximum Gasteiger partial charge on any atom is 0.324 e. The van der Waals surface area contributed by atoms with Crippen LogP contribution in [0.4, 0.5) is 0 Å². The third-order valence-electron chi connectivity index (χ3n) is 3.16. The lowest BCUT2D eigenvalue weighted by Gasteiger charge is -2.24. The number of aliphatic carboxylic acids is 1. The number of methoxy groups -OCH3 is 1. The van der Waals surface area contributed by atoms with Crippen LogP contribution in [0.25, 0.3) is 0 Å². The molecule has 110 valence electrons. The minimum absolute atomic E-state index is 0.538. The quantitative estimate of drug-likeness (QED) is 0.679. The second kappa shape index (κ2) is 6.85. The van der Waals surface area contributed by atoms with E-state index in [-0.39, 0.29) is 0 Å². The molecule has 7 nitrogen and oxygen atoms in total. The summed E-state index contributed by atoms with van der Waals surface area (Å²) in [6.45, 7) is 0. The summed E-state index contributed by atoms with van der Waals surface area (Å²) in [4.78, 5) is 22.0. The van der Waals surface area contributed by atoms with Gasteiger partial charge in [-0.1, -0.05) is 19.3 Å². The van der Waals surface area contributed by atoms with E-state index in [1.54, 1.807) is 0 Å². The lowest BCUT2D eigenvalue weighted by Crippen LogP contribution is -2.47. The van der Waals surface area contributed by atoms with Gasteiger partial charge in [-0.05, 0) is 12.8 Å². The smallest absolute Gasteiger partial charge is 0.324 e. The Morgan fingerprint density at radius 1 is 1.32 bits per heavy atom. The zero-order valence-corrected chi connectivity index (χ0v) is 11.6. The molecule has 0 radical (unpaired) electrons. The summed E-state index contributed by atoms with van der Waals surface area (Å²) in [7, 11) is -2.61. The van der Waals surface area contributed by atoms with Crippen LogP contribution >= 0.6 is 0 Å². The first kappa shape index (κ1) is 15.9. The average molecular weight is 293 g/mol. The van der Waals surface area contributed by atoms with Gasteiger partial charge in [0.15, 0.2) is 0 Å². The van der Waals surface area contributed by atoms with E-state index in [9.17, 15) is 18.0 Å². The highest BCUT2D eigenvalue weighted by Gasteiger charge is 2.33. The minimum Gasteiger partial charge on any atom is -0.481 e. The number of carboxylic acid groups (broad SMARTS) is 1. The Labute approximate surface area is 112 Å². The summed E-state index contributed by atoms with van der Waals surface area (Å²) >= 11 is 0. The van der Waals surface area contributed by atoms with Gasteiger partial charge in [-0.25, -0.2) is 13.1 Å². The number of carboxylic acids is 1. The molecule has 0 saturated heterocycles. The Kier molecular flexibility index (Phi) is 5.74. The van der Waals surface area contributed by atoms with Gasteiger partial charge in [-0.3, -0.25) is 9.59 Å². The van der Waals surface area contributed by atoms with Crippen LogP contribution in [0, 0.1) is 0 Å². The summed E-state index contributed by atoms with van der Waals surface area (Å²) in [6.07, 6.45) is 3.10. The number of hydrogen-bond acceptors (Lipinski definition) is 5. The molecule has 0 amide bonds. The molecule has 2 N–H and O–H groups in total. The third kappa shape index (κ3) is 4.79. The van der Waals surface area contributed by atoms with Crippen LogP contribution in [0.2, 0.25) is 0 Å². The summed E-state index contributed by atoms with van der Waals surface area (Å²) < 4.78 is 30.8. The third-order valence-corrected chi connectivity index (χ3v) is 5.12. The standard InChI is InChI=1S/C11H19NO6S/c1-18-11(15)9(7-10(13)14)12-19(16,17)8-5-3-2-4-6-8/h8-9,12H,2-7H2,1H3,(H,13,14). The highest BCUT2D eigenvalue weighted by molar-refractivity contribution is 7.90. The molecule has 1 aliphatic carbocycles. The molecule has 0 bridgehead atoms. The number of sulfonamides is 1. The van der Waals surface area contributed by atoms with E-state index in [1.807, 2.05) is 0 Å². The number of esters is 1. The van der Waals surface area contributed by atoms with E-state index in [1.165, 1.54) is 0 Å². The van der Waals surface area contributed by atoms with Crippen molar-refractivity contribution in [3.8, 4) is 0 Å². The van der Waals surface area contributed by atoms with Crippen molar-refractivity contribution in [3.05, 3.63) is 0 Å². The van der Waals surface area contributed by atoms with E-state index in [0.717, 1.165) is 26.4 Å². The van der Waals surface area contributed by atoms with Gasteiger partial charge in [-0.15, -0.1) is 0 Å². The molecule has 0 spiro atoms. The largest absolute Gasteiger partial charge is 0.481 e. The summed E-state index contributed by atoms with van der Waals surface area (Å²) in [5.74, 6) is -2.15. The molecule has 8 heteroatoms. The topological polar surface area (TPSA) is 110 Å². The van der Waals surface area contributed by atoms with Gasteiger partial charge in [0.2, 0.25) is 10.0 Å². The first-order valence-corrected chi connectivity index (χ1v) is 7.72. The number of nitrogens with one attached hydrogen (secondary N) is 1. The fourth-order valence-electron chi connectivity index (χ4n) is 2.16. The Balaban J connectivity index is 2.75. The van der Waals surface area contributed by atoms with Crippen molar-refractivity contribution in [1.29, 1.82) is 0 Å². The fraction of sp³-hybridized carbons (Fsp3) is 0.818. The molecule has 1 saturated carbocycles. The number of ether oxygens (including phenoxy) is 1. The molecule has 1 atom stereocenters. The van der Waals surface area contributed by atoms with Crippen molar-refractivity contribution in [3.63, 3.8) is 0 Å². The number of carbonyl (C=O) groups is 2. The number of hydrogen-bond donors (Lipinski definition) is 2. The fourth-order valence-corrected chi connectivity index (χ4v) is 3.88. The average Bonchev–Trinajstić information content (AvgIpc) is 2.37. The Hall–Kier alpha value is -1.15. The molecule has 1 aliphatic rings. The molecular formula is C11H19NO6S. The van der Waals surface area contributed by atoms with Crippen molar-refractivity contribution in [1.82, 2.24) is 4.72 Å². The lowest BCUT2D eigenvalue weighted by atomic mass is 10.0. The maximum atomic E-state index is 12.1. The van der Waals surface area contributed by atoms with Gasteiger partial charge < -0.3 is 9.84 Å². The van der Waals surface area contributed by atoms with Crippen LogP contribution in [0.15, 0.2) is 0 Å². The van der Waals surface area contributed by atoms with Crippen LogP contribution in [0.3, 0.4) is 0 Å². The summed E-state index contributed by atoms with van der Waals surface area (Å²) in [6, 6.07) is -1.37. The van der Waals surface area contributed by atoms with Gasteiger partial charge in [0.1, 0.15) is 6.04 Å². The molecule has 19 heavy (non-hydrogen) atoms. The SMILES string of the molecule is COC(=O)C(CC(=O)O)NS(=O)(=O)C1CCCCC1. The molecule has 0 aromatic rings. The molecule has 1 rings (SSSR count). The predicted octanol–water partition coefficient (Wildman–Crippen LogP) is 0.255. The maximum absolute atomic E-state index is 12.1. The van der Waals surface area contributed by atoms with Crippen molar-refractivity contribution in [2.24, 2.45) is 0 Å². The highest BCUT2D eigenvalue weighted by atomic mass is 32.2. The molecular weight excluding hydrogens is 274 g/mol. The van der Waals surface area contributed by atoms with E-state index in [0.29, 0.717) is 12.8 Å². The number of carbonyl (C=O) groups excluding carboxylic acids is 1. The lowest BCUT2D eigenvalue weighted by molar-refractivity contribution is -0.147. The van der Waals surface area contributed by atoms with Crippen LogP contribution < -0.4 is 4.72 Å². The first-order chi connectivity index (χ1) is 8.86. The van der Waals surface area contributed by atoms with Gasteiger partial charge >= 0.3 is 11.9 Å². The van der Waals surface area contributed by atoms with Crippen molar-refractivity contribution < 1.29 is 27.9 Å².